The van der Waals surface area contributed by atoms with Gasteiger partial charge in [-0.05, 0) is 18.8 Å². The van der Waals surface area contributed by atoms with Gasteiger partial charge in [0.25, 0.3) is 0 Å². The molecule has 0 aliphatic rings. The van der Waals surface area contributed by atoms with Crippen molar-refractivity contribution in [2.75, 3.05) is 6.54 Å². The number of aliphatic carboxylic acids is 1. The third-order valence-corrected chi connectivity index (χ3v) is 3.72. The number of carbonyl (C=O) groups is 3. The van der Waals surface area contributed by atoms with E-state index in [9.17, 15) is 19.5 Å². The molecule has 6 heteroatoms. The summed E-state index contributed by atoms with van der Waals surface area (Å²) in [5, 5.41) is 14.6. The Bertz CT molecular complexity index is 362. The number of hydrogen-bond acceptors (Lipinski definition) is 3. The fraction of sp³-hybridized carbons (Fsp3) is 0.786. The molecule has 0 aromatic rings. The molecule has 0 heterocycles. The van der Waals surface area contributed by atoms with E-state index in [1.165, 1.54) is 6.92 Å². The van der Waals surface area contributed by atoms with Crippen molar-refractivity contribution >= 4 is 17.8 Å². The normalized spacial score (nSPS) is 12.9. The first-order chi connectivity index (χ1) is 9.20. The molecule has 0 bridgehead atoms. The average Bonchev–Trinajstić information content (AvgIpc) is 2.36. The molecule has 0 spiro atoms. The van der Waals surface area contributed by atoms with Gasteiger partial charge in [-0.1, -0.05) is 27.7 Å². The number of carbonyl (C=O) groups excluding carboxylic acids is 2. The van der Waals surface area contributed by atoms with Crippen molar-refractivity contribution in [3.05, 3.63) is 0 Å². The first-order valence-corrected chi connectivity index (χ1v) is 6.98. The summed E-state index contributed by atoms with van der Waals surface area (Å²) in [5.74, 6) is -1.61. The summed E-state index contributed by atoms with van der Waals surface area (Å²) in [6, 6.07) is -0.646. The van der Waals surface area contributed by atoms with Crippen LogP contribution in [0.15, 0.2) is 0 Å². The lowest BCUT2D eigenvalue weighted by atomic mass is 9.82. The SMILES string of the molecule is CCC(CC)(CNC(=O)C(NC(C)=O)C(C)C)C(=O)O. The second-order valence-electron chi connectivity index (χ2n) is 5.43. The van der Waals surface area contributed by atoms with E-state index in [0.29, 0.717) is 12.8 Å². The molecule has 0 saturated heterocycles. The van der Waals surface area contributed by atoms with Crippen LogP contribution in [0, 0.1) is 11.3 Å². The molecular weight excluding hydrogens is 260 g/mol. The van der Waals surface area contributed by atoms with Gasteiger partial charge in [-0.25, -0.2) is 0 Å². The van der Waals surface area contributed by atoms with Crippen LogP contribution < -0.4 is 10.6 Å². The lowest BCUT2D eigenvalue weighted by molar-refractivity contribution is -0.149. The van der Waals surface area contributed by atoms with Crippen LogP contribution in [0.3, 0.4) is 0 Å². The van der Waals surface area contributed by atoms with Gasteiger partial charge in [-0.15, -0.1) is 0 Å². The first-order valence-electron chi connectivity index (χ1n) is 6.98. The number of nitrogens with one attached hydrogen (secondary N) is 2. The molecule has 2 amide bonds. The number of rotatable bonds is 8. The molecular formula is C14H26N2O4. The van der Waals surface area contributed by atoms with Gasteiger partial charge in [0.05, 0.1) is 5.41 Å². The molecule has 3 N–H and O–H groups in total. The lowest BCUT2D eigenvalue weighted by Crippen LogP contribution is -2.52. The molecule has 116 valence electrons. The number of hydrogen-bond donors (Lipinski definition) is 3. The van der Waals surface area contributed by atoms with Crippen molar-refractivity contribution < 1.29 is 19.5 Å². The third-order valence-electron chi connectivity index (χ3n) is 3.72. The predicted molar refractivity (Wildman–Crippen MR) is 76.1 cm³/mol. The van der Waals surface area contributed by atoms with Crippen molar-refractivity contribution in [2.45, 2.75) is 53.5 Å². The van der Waals surface area contributed by atoms with Gasteiger partial charge in [-0.2, -0.15) is 0 Å². The summed E-state index contributed by atoms with van der Waals surface area (Å²) < 4.78 is 0. The Kier molecular flexibility index (Phi) is 7.24. The zero-order valence-electron chi connectivity index (χ0n) is 12.9. The lowest BCUT2D eigenvalue weighted by Gasteiger charge is -2.28. The Hall–Kier alpha value is -1.59. The standard InChI is InChI=1S/C14H26N2O4/c1-6-14(7-2,13(19)20)8-15-12(18)11(9(3)4)16-10(5)17/h9,11H,6-8H2,1-5H3,(H,15,18)(H,16,17)(H,19,20). The molecule has 0 radical (unpaired) electrons. The van der Waals surface area contributed by atoms with Crippen LogP contribution in [0.1, 0.15) is 47.5 Å². The van der Waals surface area contributed by atoms with Crippen molar-refractivity contribution in [3.8, 4) is 0 Å². The van der Waals surface area contributed by atoms with Gasteiger partial charge in [0.1, 0.15) is 6.04 Å². The third kappa shape index (κ3) is 4.83. The maximum atomic E-state index is 12.1. The van der Waals surface area contributed by atoms with E-state index in [4.69, 9.17) is 0 Å². The van der Waals surface area contributed by atoms with E-state index in [0.717, 1.165) is 0 Å². The van der Waals surface area contributed by atoms with E-state index in [2.05, 4.69) is 10.6 Å². The molecule has 0 fully saturated rings. The number of carboxylic acid groups (broad SMARTS) is 1. The van der Waals surface area contributed by atoms with Crippen molar-refractivity contribution in [1.82, 2.24) is 10.6 Å². The highest BCUT2D eigenvalue weighted by atomic mass is 16.4. The highest BCUT2D eigenvalue weighted by Gasteiger charge is 2.36. The van der Waals surface area contributed by atoms with Crippen LogP contribution in [-0.4, -0.2) is 35.5 Å². The van der Waals surface area contributed by atoms with Crippen LogP contribution in [0.5, 0.6) is 0 Å². The smallest absolute Gasteiger partial charge is 0.311 e. The van der Waals surface area contributed by atoms with Crippen LogP contribution in [0.25, 0.3) is 0 Å². The fourth-order valence-electron chi connectivity index (χ4n) is 2.00. The topological polar surface area (TPSA) is 95.5 Å². The fourth-order valence-corrected chi connectivity index (χ4v) is 2.00. The molecule has 0 aliphatic heterocycles. The van der Waals surface area contributed by atoms with Crippen LogP contribution in [0.4, 0.5) is 0 Å². The molecule has 6 nitrogen and oxygen atoms in total. The minimum absolute atomic E-state index is 0.0664. The first kappa shape index (κ1) is 18.4. The molecule has 0 saturated carbocycles. The summed E-state index contributed by atoms with van der Waals surface area (Å²) in [6.45, 7) is 8.64. The maximum absolute atomic E-state index is 12.1. The quantitative estimate of drug-likeness (QED) is 0.624. The minimum Gasteiger partial charge on any atom is -0.481 e. The second-order valence-corrected chi connectivity index (χ2v) is 5.43. The van der Waals surface area contributed by atoms with Crippen molar-refractivity contribution in [3.63, 3.8) is 0 Å². The molecule has 0 aromatic heterocycles. The van der Waals surface area contributed by atoms with Gasteiger partial charge < -0.3 is 15.7 Å². The van der Waals surface area contributed by atoms with E-state index < -0.39 is 17.4 Å². The van der Waals surface area contributed by atoms with E-state index >= 15 is 0 Å². The second kappa shape index (κ2) is 7.87. The Morgan fingerprint density at radius 2 is 1.65 bits per heavy atom. The molecule has 1 atom stereocenters. The van der Waals surface area contributed by atoms with E-state index in [1.807, 2.05) is 13.8 Å². The van der Waals surface area contributed by atoms with Gasteiger partial charge in [0.2, 0.25) is 11.8 Å². The summed E-state index contributed by atoms with van der Waals surface area (Å²) in [5.41, 5.74) is -0.951. The Balaban J connectivity index is 4.80. The van der Waals surface area contributed by atoms with E-state index in [1.54, 1.807) is 13.8 Å². The van der Waals surface area contributed by atoms with Crippen LogP contribution >= 0.6 is 0 Å². The Labute approximate surface area is 120 Å². The Morgan fingerprint density at radius 1 is 1.15 bits per heavy atom. The molecule has 1 unspecified atom stereocenters. The molecule has 0 aliphatic carbocycles. The average molecular weight is 286 g/mol. The molecule has 0 aromatic carbocycles. The summed E-state index contributed by atoms with van der Waals surface area (Å²) in [4.78, 5) is 34.6. The minimum atomic E-state index is -0.951. The van der Waals surface area contributed by atoms with Gasteiger partial charge >= 0.3 is 5.97 Å². The van der Waals surface area contributed by atoms with E-state index in [-0.39, 0.29) is 24.3 Å². The van der Waals surface area contributed by atoms with Gasteiger partial charge in [-0.3, -0.25) is 14.4 Å². The van der Waals surface area contributed by atoms with Crippen LogP contribution in [0.2, 0.25) is 0 Å². The monoisotopic (exact) mass is 286 g/mol. The maximum Gasteiger partial charge on any atom is 0.311 e. The van der Waals surface area contributed by atoms with Gasteiger partial charge in [0.15, 0.2) is 0 Å². The summed E-state index contributed by atoms with van der Waals surface area (Å²) >= 11 is 0. The summed E-state index contributed by atoms with van der Waals surface area (Å²) in [7, 11) is 0. The van der Waals surface area contributed by atoms with Crippen molar-refractivity contribution in [2.24, 2.45) is 11.3 Å². The number of carboxylic acids is 1. The molecule has 0 rings (SSSR count). The highest BCUT2D eigenvalue weighted by Crippen LogP contribution is 2.25. The van der Waals surface area contributed by atoms with Crippen LogP contribution in [-0.2, 0) is 14.4 Å². The number of amides is 2. The van der Waals surface area contributed by atoms with Crippen molar-refractivity contribution in [1.29, 1.82) is 0 Å². The largest absolute Gasteiger partial charge is 0.481 e. The predicted octanol–water partition coefficient (Wildman–Crippen LogP) is 1.15. The zero-order valence-corrected chi connectivity index (χ0v) is 12.9. The van der Waals surface area contributed by atoms with Gasteiger partial charge in [0, 0.05) is 13.5 Å². The molecule has 20 heavy (non-hydrogen) atoms. The summed E-state index contributed by atoms with van der Waals surface area (Å²) in [6.07, 6.45) is 0.872. The Morgan fingerprint density at radius 3 is 1.95 bits per heavy atom. The zero-order chi connectivity index (χ0) is 15.9. The highest BCUT2D eigenvalue weighted by molar-refractivity contribution is 5.87.